The molecule has 0 aromatic carbocycles. The van der Waals surface area contributed by atoms with Crippen molar-refractivity contribution < 1.29 is 0 Å². The summed E-state index contributed by atoms with van der Waals surface area (Å²) in [6.45, 7) is 5.31. The Labute approximate surface area is 104 Å². The molecule has 1 N–H and O–H groups in total. The van der Waals surface area contributed by atoms with E-state index in [4.69, 9.17) is 4.98 Å². The first-order valence-electron chi connectivity index (χ1n) is 6.50. The van der Waals surface area contributed by atoms with Gasteiger partial charge in [0.05, 0.1) is 0 Å². The molecule has 94 valence electrons. The van der Waals surface area contributed by atoms with E-state index >= 15 is 0 Å². The molecule has 0 spiro atoms. The summed E-state index contributed by atoms with van der Waals surface area (Å²) < 4.78 is 0. The molecular weight excluding hydrogens is 210 g/mol. The Kier molecular flexibility index (Phi) is 3.67. The Morgan fingerprint density at radius 1 is 1.41 bits per heavy atom. The van der Waals surface area contributed by atoms with Gasteiger partial charge in [-0.25, -0.2) is 4.98 Å². The fraction of sp³-hybridized carbons (Fsp3) is 0.643. The third-order valence-electron chi connectivity index (χ3n) is 3.32. The Morgan fingerprint density at radius 2 is 2.12 bits per heavy atom. The van der Waals surface area contributed by atoms with Gasteiger partial charge >= 0.3 is 0 Å². The first-order valence-corrected chi connectivity index (χ1v) is 6.50. The van der Waals surface area contributed by atoms with Crippen LogP contribution in [0.3, 0.4) is 0 Å². The second kappa shape index (κ2) is 5.05. The van der Waals surface area contributed by atoms with E-state index in [1.54, 1.807) is 0 Å². The lowest BCUT2D eigenvalue weighted by Gasteiger charge is -2.20. The molecule has 1 aliphatic rings. The smallest absolute Gasteiger partial charge is 0.129 e. The maximum Gasteiger partial charge on any atom is 0.129 e. The largest absolute Gasteiger partial charge is 0.357 e. The molecule has 2 rings (SSSR count). The van der Waals surface area contributed by atoms with E-state index in [9.17, 15) is 0 Å². The number of nitrogens with one attached hydrogen (secondary N) is 1. The average Bonchev–Trinajstić information content (AvgIpc) is 3.12. The third kappa shape index (κ3) is 2.97. The molecule has 1 saturated carbocycles. The van der Waals surface area contributed by atoms with Crippen molar-refractivity contribution in [2.45, 2.75) is 45.2 Å². The minimum Gasteiger partial charge on any atom is -0.357 e. The van der Waals surface area contributed by atoms with Gasteiger partial charge in [-0.3, -0.25) is 0 Å². The van der Waals surface area contributed by atoms with Crippen LogP contribution in [0.2, 0.25) is 0 Å². The number of rotatable bonds is 5. The predicted molar refractivity (Wildman–Crippen MR) is 72.5 cm³/mol. The van der Waals surface area contributed by atoms with Gasteiger partial charge in [0.1, 0.15) is 5.82 Å². The Bertz CT molecular complexity index is 383. The van der Waals surface area contributed by atoms with Crippen LogP contribution < -0.4 is 10.2 Å². The maximum absolute atomic E-state index is 4.77. The molecule has 1 aromatic rings. The molecule has 0 bridgehead atoms. The highest BCUT2D eigenvalue weighted by atomic mass is 15.2. The molecule has 1 fully saturated rings. The molecule has 0 radical (unpaired) electrons. The van der Waals surface area contributed by atoms with Crippen molar-refractivity contribution in [2.75, 3.05) is 19.0 Å². The molecule has 17 heavy (non-hydrogen) atoms. The lowest BCUT2D eigenvalue weighted by Crippen LogP contribution is -2.21. The number of nitrogens with zero attached hydrogens (tertiary/aromatic N) is 2. The molecule has 1 aromatic heterocycles. The second-order valence-corrected chi connectivity index (χ2v) is 5.29. The molecule has 0 amide bonds. The van der Waals surface area contributed by atoms with Crippen molar-refractivity contribution in [3.8, 4) is 0 Å². The SMILES string of the molecule is CNCc1cc(C(C)C)nc(N(C)C2CC2)c1. The zero-order valence-corrected chi connectivity index (χ0v) is 11.3. The summed E-state index contributed by atoms with van der Waals surface area (Å²) in [6, 6.07) is 5.14. The molecule has 3 nitrogen and oxygen atoms in total. The second-order valence-electron chi connectivity index (χ2n) is 5.29. The van der Waals surface area contributed by atoms with Crippen LogP contribution in [0.1, 0.15) is 43.9 Å². The van der Waals surface area contributed by atoms with E-state index in [0.717, 1.165) is 12.4 Å². The number of aromatic nitrogens is 1. The monoisotopic (exact) mass is 233 g/mol. The Balaban J connectivity index is 2.29. The molecule has 0 atom stereocenters. The highest BCUT2D eigenvalue weighted by Gasteiger charge is 2.27. The van der Waals surface area contributed by atoms with Gasteiger partial charge in [0.25, 0.3) is 0 Å². The summed E-state index contributed by atoms with van der Waals surface area (Å²) in [5.74, 6) is 1.61. The summed E-state index contributed by atoms with van der Waals surface area (Å²) in [6.07, 6.45) is 2.62. The summed E-state index contributed by atoms with van der Waals surface area (Å²) in [7, 11) is 4.15. The highest BCUT2D eigenvalue weighted by Crippen LogP contribution is 2.30. The minimum atomic E-state index is 0.484. The van der Waals surface area contributed by atoms with Crippen LogP contribution in [-0.2, 0) is 6.54 Å². The van der Waals surface area contributed by atoms with Crippen molar-refractivity contribution in [3.05, 3.63) is 23.4 Å². The maximum atomic E-state index is 4.77. The zero-order valence-electron chi connectivity index (χ0n) is 11.3. The van der Waals surface area contributed by atoms with Gasteiger partial charge in [-0.2, -0.15) is 0 Å². The van der Waals surface area contributed by atoms with Crippen LogP contribution in [0.15, 0.2) is 12.1 Å². The van der Waals surface area contributed by atoms with E-state index in [0.29, 0.717) is 12.0 Å². The lowest BCUT2D eigenvalue weighted by molar-refractivity contribution is 0.776. The van der Waals surface area contributed by atoms with Crippen molar-refractivity contribution in [1.82, 2.24) is 10.3 Å². The first-order chi connectivity index (χ1) is 8.11. The lowest BCUT2D eigenvalue weighted by atomic mass is 10.1. The van der Waals surface area contributed by atoms with Crippen LogP contribution in [-0.4, -0.2) is 25.1 Å². The van der Waals surface area contributed by atoms with Crippen molar-refractivity contribution in [1.29, 1.82) is 0 Å². The fourth-order valence-electron chi connectivity index (χ4n) is 2.03. The molecule has 1 heterocycles. The van der Waals surface area contributed by atoms with Crippen LogP contribution >= 0.6 is 0 Å². The zero-order chi connectivity index (χ0) is 12.4. The van der Waals surface area contributed by atoms with Gasteiger partial charge in [0.15, 0.2) is 0 Å². The van der Waals surface area contributed by atoms with E-state index in [1.807, 2.05) is 7.05 Å². The molecule has 0 unspecified atom stereocenters. The Morgan fingerprint density at radius 3 is 2.65 bits per heavy atom. The fourth-order valence-corrected chi connectivity index (χ4v) is 2.03. The molecule has 0 aliphatic heterocycles. The highest BCUT2D eigenvalue weighted by molar-refractivity contribution is 5.44. The van der Waals surface area contributed by atoms with E-state index < -0.39 is 0 Å². The number of anilines is 1. The van der Waals surface area contributed by atoms with Gasteiger partial charge in [-0.15, -0.1) is 0 Å². The minimum absolute atomic E-state index is 0.484. The van der Waals surface area contributed by atoms with Gasteiger partial charge < -0.3 is 10.2 Å². The van der Waals surface area contributed by atoms with Gasteiger partial charge in [0.2, 0.25) is 0 Å². The van der Waals surface area contributed by atoms with Crippen molar-refractivity contribution in [3.63, 3.8) is 0 Å². The van der Waals surface area contributed by atoms with Crippen LogP contribution in [0, 0.1) is 0 Å². The summed E-state index contributed by atoms with van der Waals surface area (Å²) in [5.41, 5.74) is 2.52. The summed E-state index contributed by atoms with van der Waals surface area (Å²) in [5, 5.41) is 3.21. The van der Waals surface area contributed by atoms with Crippen molar-refractivity contribution >= 4 is 5.82 Å². The number of hydrogen-bond donors (Lipinski definition) is 1. The standard InChI is InChI=1S/C14H23N3/c1-10(2)13-7-11(9-15-3)8-14(16-13)17(4)12-5-6-12/h7-8,10,12,15H,5-6,9H2,1-4H3. The summed E-state index contributed by atoms with van der Waals surface area (Å²) in [4.78, 5) is 7.10. The van der Waals surface area contributed by atoms with Crippen LogP contribution in [0.5, 0.6) is 0 Å². The first kappa shape index (κ1) is 12.4. The van der Waals surface area contributed by atoms with E-state index in [-0.39, 0.29) is 0 Å². The number of pyridine rings is 1. The number of hydrogen-bond acceptors (Lipinski definition) is 3. The molecule has 0 saturated heterocycles. The van der Waals surface area contributed by atoms with Crippen LogP contribution in [0.25, 0.3) is 0 Å². The molecular formula is C14H23N3. The summed E-state index contributed by atoms with van der Waals surface area (Å²) >= 11 is 0. The molecule has 3 heteroatoms. The molecule has 1 aliphatic carbocycles. The predicted octanol–water partition coefficient (Wildman–Crippen LogP) is 2.52. The van der Waals surface area contributed by atoms with E-state index in [1.165, 1.54) is 24.1 Å². The van der Waals surface area contributed by atoms with Crippen LogP contribution in [0.4, 0.5) is 5.82 Å². The van der Waals surface area contributed by atoms with Gasteiger partial charge in [-0.1, -0.05) is 13.8 Å². The normalized spacial score (nSPS) is 15.4. The van der Waals surface area contributed by atoms with Crippen molar-refractivity contribution in [2.24, 2.45) is 0 Å². The third-order valence-corrected chi connectivity index (χ3v) is 3.32. The van der Waals surface area contributed by atoms with Gasteiger partial charge in [0, 0.05) is 25.3 Å². The van der Waals surface area contributed by atoms with E-state index in [2.05, 4.69) is 43.2 Å². The quantitative estimate of drug-likeness (QED) is 0.847. The topological polar surface area (TPSA) is 28.2 Å². The average molecular weight is 233 g/mol. The van der Waals surface area contributed by atoms with Gasteiger partial charge in [-0.05, 0) is 43.5 Å². The Hall–Kier alpha value is -1.09.